The summed E-state index contributed by atoms with van der Waals surface area (Å²) in [6, 6.07) is 0.385. The molecule has 1 unspecified atom stereocenters. The molecule has 1 aliphatic rings. The molecule has 11 nitrogen and oxygen atoms in total. The lowest BCUT2D eigenvalue weighted by Gasteiger charge is -2.27. The lowest BCUT2D eigenvalue weighted by molar-refractivity contribution is -0.105. The number of nitrogens with zero attached hydrogens (tertiary/aromatic N) is 5. The number of nitrogens with one attached hydrogen (secondary N) is 2. The lowest BCUT2D eigenvalue weighted by atomic mass is 9.85. The van der Waals surface area contributed by atoms with Crippen LogP contribution in [0.2, 0.25) is 0 Å². The summed E-state index contributed by atoms with van der Waals surface area (Å²) in [5.74, 6) is 1.35. The van der Waals surface area contributed by atoms with Crippen LogP contribution in [0, 0.1) is 11.9 Å². The molecule has 0 bridgehead atoms. The van der Waals surface area contributed by atoms with Crippen molar-refractivity contribution in [1.29, 1.82) is 0 Å². The number of alkyl halides is 6. The van der Waals surface area contributed by atoms with Gasteiger partial charge in [0, 0.05) is 31.5 Å². The van der Waals surface area contributed by atoms with E-state index in [2.05, 4.69) is 22.1 Å². The van der Waals surface area contributed by atoms with Crippen LogP contribution in [0.15, 0.2) is 23.5 Å². The third kappa shape index (κ3) is 13.0. The molecule has 1 fully saturated rings. The number of aromatic nitrogens is 4. The smallest absolute Gasteiger partial charge is 0.266 e. The molecular formula is C25H38F7N9O2. The summed E-state index contributed by atoms with van der Waals surface area (Å²) in [6.07, 6.45) is -1.15. The van der Waals surface area contributed by atoms with Crippen molar-refractivity contribution in [2.24, 2.45) is 22.5 Å². The van der Waals surface area contributed by atoms with Gasteiger partial charge in [-0.2, -0.15) is 9.49 Å². The minimum absolute atomic E-state index is 0.117. The van der Waals surface area contributed by atoms with Crippen LogP contribution in [-0.2, 0) is 4.79 Å². The molecule has 18 heteroatoms. The van der Waals surface area contributed by atoms with Crippen molar-refractivity contribution in [3.05, 3.63) is 30.1 Å². The first-order valence-corrected chi connectivity index (χ1v) is 13.4. The van der Waals surface area contributed by atoms with Crippen molar-refractivity contribution in [3.63, 3.8) is 0 Å². The molecule has 43 heavy (non-hydrogen) atoms. The number of carbonyl (C=O) groups excluding carboxylic acids is 2. The zero-order valence-corrected chi connectivity index (χ0v) is 24.0. The Morgan fingerprint density at radius 2 is 1.84 bits per heavy atom. The maximum atomic E-state index is 13.4. The van der Waals surface area contributed by atoms with Crippen molar-refractivity contribution >= 4 is 23.8 Å². The van der Waals surface area contributed by atoms with Gasteiger partial charge in [-0.15, -0.1) is 5.10 Å². The molecule has 3 rings (SSSR count). The van der Waals surface area contributed by atoms with Gasteiger partial charge in [0.05, 0.1) is 6.20 Å². The quantitative estimate of drug-likeness (QED) is 0.0705. The van der Waals surface area contributed by atoms with E-state index in [1.807, 2.05) is 24.6 Å². The molecule has 1 saturated carbocycles. The van der Waals surface area contributed by atoms with Gasteiger partial charge in [-0.25, -0.2) is 32.2 Å². The number of aliphatic imine (C=N–C) groups is 1. The second-order valence-corrected chi connectivity index (χ2v) is 9.81. The summed E-state index contributed by atoms with van der Waals surface area (Å²) in [5, 5.41) is 9.24. The maximum Gasteiger partial charge on any atom is 0.266 e. The molecule has 0 saturated heterocycles. The summed E-state index contributed by atoms with van der Waals surface area (Å²) >= 11 is 0. The summed E-state index contributed by atoms with van der Waals surface area (Å²) in [4.78, 5) is 24.4. The van der Waals surface area contributed by atoms with E-state index in [1.165, 1.54) is 0 Å². The largest absolute Gasteiger partial charge is 0.364 e. The monoisotopic (exact) mass is 629 g/mol. The second-order valence-electron chi connectivity index (χ2n) is 9.81. The fourth-order valence-electron chi connectivity index (χ4n) is 4.05. The van der Waals surface area contributed by atoms with Gasteiger partial charge < -0.3 is 16.5 Å². The Kier molecular flexibility index (Phi) is 15.7. The lowest BCUT2D eigenvalue weighted by Crippen LogP contribution is -2.39. The van der Waals surface area contributed by atoms with Crippen molar-refractivity contribution < 1.29 is 40.3 Å². The van der Waals surface area contributed by atoms with Crippen molar-refractivity contribution in [2.45, 2.75) is 90.2 Å². The molecule has 0 aromatic carbocycles. The first-order valence-electron chi connectivity index (χ1n) is 13.4. The van der Waals surface area contributed by atoms with E-state index in [4.69, 9.17) is 11.6 Å². The maximum absolute atomic E-state index is 13.4. The molecule has 2 amide bonds. The first kappa shape index (κ1) is 37.3. The number of hydrogen-bond donors (Lipinski definition) is 4. The van der Waals surface area contributed by atoms with Crippen LogP contribution in [0.25, 0.3) is 0 Å². The predicted molar refractivity (Wildman–Crippen MR) is 145 cm³/mol. The molecule has 0 radical (unpaired) electrons. The average Bonchev–Trinajstić information content (AvgIpc) is 3.57. The van der Waals surface area contributed by atoms with Gasteiger partial charge in [0.1, 0.15) is 29.8 Å². The van der Waals surface area contributed by atoms with E-state index >= 15 is 0 Å². The normalized spacial score (nSPS) is 15.8. The van der Waals surface area contributed by atoms with Crippen LogP contribution < -0.4 is 22.3 Å². The molecule has 0 aliphatic heterocycles. The number of amides is 2. The van der Waals surface area contributed by atoms with Crippen LogP contribution >= 0.6 is 0 Å². The minimum atomic E-state index is -2.86. The first-order chi connectivity index (χ1) is 20.1. The number of amidine groups is 1. The number of rotatable bonds is 11. The highest BCUT2D eigenvalue weighted by molar-refractivity contribution is 5.91. The Hall–Kier alpha value is -3.70. The average molecular weight is 630 g/mol. The highest BCUT2D eigenvalue weighted by Gasteiger charge is 2.34. The van der Waals surface area contributed by atoms with Crippen LogP contribution in [0.4, 0.5) is 36.4 Å². The Morgan fingerprint density at radius 3 is 2.28 bits per heavy atom. The predicted octanol–water partition coefficient (Wildman–Crippen LogP) is 4.70. The van der Waals surface area contributed by atoms with E-state index in [1.54, 1.807) is 16.9 Å². The van der Waals surface area contributed by atoms with Crippen molar-refractivity contribution in [2.75, 3.05) is 11.9 Å². The van der Waals surface area contributed by atoms with E-state index in [0.29, 0.717) is 11.6 Å². The summed E-state index contributed by atoms with van der Waals surface area (Å²) in [5.41, 5.74) is 7.13. The van der Waals surface area contributed by atoms with Crippen LogP contribution in [-0.4, -0.2) is 63.0 Å². The third-order valence-electron chi connectivity index (χ3n) is 6.31. The number of hydrogen-bond acceptors (Lipinski definition) is 6. The molecule has 0 spiro atoms. The van der Waals surface area contributed by atoms with E-state index in [-0.39, 0.29) is 31.0 Å². The van der Waals surface area contributed by atoms with Gasteiger partial charge in [-0.05, 0) is 38.7 Å². The number of primary amides is 1. The van der Waals surface area contributed by atoms with Gasteiger partial charge in [0.25, 0.3) is 18.3 Å². The number of carbonyl (C=O) groups is 2. The molecule has 1 aliphatic carbocycles. The molecule has 2 aromatic rings. The fraction of sp³-hybridized carbons (Fsp3) is 0.640. The van der Waals surface area contributed by atoms with Gasteiger partial charge in [0.2, 0.25) is 18.8 Å². The van der Waals surface area contributed by atoms with Gasteiger partial charge in [0.15, 0.2) is 0 Å². The highest BCUT2D eigenvalue weighted by atomic mass is 19.3. The van der Waals surface area contributed by atoms with Gasteiger partial charge in [-0.1, -0.05) is 13.3 Å². The number of halogens is 7. The summed E-state index contributed by atoms with van der Waals surface area (Å²) in [7, 11) is 0. The zero-order chi connectivity index (χ0) is 32.7. The molecule has 2 heterocycles. The minimum Gasteiger partial charge on any atom is -0.364 e. The Balaban J connectivity index is 0.000000364. The number of nitrogens with two attached hydrogens (primary N) is 2. The van der Waals surface area contributed by atoms with E-state index < -0.39 is 55.5 Å². The SMILES string of the molecule is CC(C)n1nccc1C(N)=O.CCC1CCC(F)(F)CC1.NNC(=NCC(F)F)C(CC(F)F)n1cc(NC=O)c(F)n1. The van der Waals surface area contributed by atoms with Crippen LogP contribution in [0.5, 0.6) is 0 Å². The van der Waals surface area contributed by atoms with Gasteiger partial charge in [-0.3, -0.25) is 23.9 Å². The van der Waals surface area contributed by atoms with E-state index in [0.717, 1.165) is 30.1 Å². The van der Waals surface area contributed by atoms with Crippen molar-refractivity contribution in [1.82, 2.24) is 25.0 Å². The standard InChI is InChI=1S/C10H13F5N6O.C8H14F2.C7H11N3O/c11-7(12)1-6(10(19-16)17-2-8(13)14)21-3-5(18-4-22)9(15)20-21;1-2-7-3-5-8(9,10)6-4-7;1-5(2)10-6(7(8)11)3-4-9-10/h3-4,6-8H,1-2,16H2,(H,17,19)(H,18,22);7H,2-6H2,1H3;3-5H,1-2H3,(H2,8,11). The summed E-state index contributed by atoms with van der Waals surface area (Å²) < 4.78 is 90.4. The number of hydrazine groups is 1. The molecule has 1 atom stereocenters. The second kappa shape index (κ2) is 18.1. The Bertz CT molecular complexity index is 1150. The van der Waals surface area contributed by atoms with Crippen molar-refractivity contribution in [3.8, 4) is 0 Å². The summed E-state index contributed by atoms with van der Waals surface area (Å²) in [6.45, 7) is 5.00. The van der Waals surface area contributed by atoms with Crippen LogP contribution in [0.1, 0.15) is 81.9 Å². The van der Waals surface area contributed by atoms with Crippen LogP contribution in [0.3, 0.4) is 0 Å². The topological polar surface area (TPSA) is 158 Å². The number of anilines is 1. The Labute approximate surface area is 244 Å². The fourth-order valence-corrected chi connectivity index (χ4v) is 4.05. The van der Waals surface area contributed by atoms with Gasteiger partial charge >= 0.3 is 0 Å². The third-order valence-corrected chi connectivity index (χ3v) is 6.31. The molecule has 2 aromatic heterocycles. The highest BCUT2D eigenvalue weighted by Crippen LogP contribution is 2.37. The molecular weight excluding hydrogens is 591 g/mol. The zero-order valence-electron chi connectivity index (χ0n) is 24.0. The Morgan fingerprint density at radius 1 is 1.21 bits per heavy atom. The molecule has 244 valence electrons. The molecule has 6 N–H and O–H groups in total. The van der Waals surface area contributed by atoms with E-state index in [9.17, 15) is 40.3 Å².